The van der Waals surface area contributed by atoms with Crippen molar-refractivity contribution < 1.29 is 52.3 Å². The number of fused-ring (bicyclic) bond motifs is 1. The second-order valence-corrected chi connectivity index (χ2v) is 7.19. The molecule has 3 N–H and O–H groups in total. The maximum Gasteiger partial charge on any atom is 0.490 e. The van der Waals surface area contributed by atoms with Crippen molar-refractivity contribution in [2.75, 3.05) is 32.8 Å². The molecule has 1 aromatic carbocycles. The van der Waals surface area contributed by atoms with E-state index >= 15 is 0 Å². The first-order chi connectivity index (χ1) is 14.4. The van der Waals surface area contributed by atoms with Crippen LogP contribution in [0.15, 0.2) is 24.3 Å². The summed E-state index contributed by atoms with van der Waals surface area (Å²) in [4.78, 5) is 33.7. The molecule has 0 bridgehead atoms. The van der Waals surface area contributed by atoms with Crippen molar-refractivity contribution in [3.05, 3.63) is 24.3 Å². The fraction of sp³-hybridized carbons (Fsp3) is 0.526. The molecule has 172 valence electrons. The molecule has 0 radical (unpaired) electrons. The molecule has 1 aromatic rings. The molecular formula is C19H22F3NO8. The number of carbonyl (C=O) groups is 3. The van der Waals surface area contributed by atoms with Gasteiger partial charge in [-0.05, 0) is 25.5 Å². The van der Waals surface area contributed by atoms with Gasteiger partial charge in [0.2, 0.25) is 0 Å². The van der Waals surface area contributed by atoms with E-state index in [-0.39, 0.29) is 19.5 Å². The highest BCUT2D eigenvalue weighted by molar-refractivity contribution is 5.94. The van der Waals surface area contributed by atoms with Crippen LogP contribution in [-0.4, -0.2) is 77.2 Å². The average molecular weight is 449 g/mol. The second-order valence-electron chi connectivity index (χ2n) is 7.19. The summed E-state index contributed by atoms with van der Waals surface area (Å²) in [6.07, 6.45) is -4.87. The molecule has 31 heavy (non-hydrogen) atoms. The van der Waals surface area contributed by atoms with Gasteiger partial charge in [-0.2, -0.15) is 13.2 Å². The largest absolute Gasteiger partial charge is 0.490 e. The van der Waals surface area contributed by atoms with Crippen LogP contribution in [0.1, 0.15) is 13.3 Å². The number of piperidine rings is 1. The van der Waals surface area contributed by atoms with Crippen LogP contribution in [-0.2, 0) is 14.4 Å². The van der Waals surface area contributed by atoms with E-state index in [4.69, 9.17) is 19.4 Å². The third kappa shape index (κ3) is 5.01. The van der Waals surface area contributed by atoms with E-state index < -0.39 is 34.9 Å². The van der Waals surface area contributed by atoms with Crippen LogP contribution < -0.4 is 9.47 Å². The predicted molar refractivity (Wildman–Crippen MR) is 98.0 cm³/mol. The number of benzene rings is 1. The number of alkyl halides is 3. The lowest BCUT2D eigenvalue weighted by molar-refractivity contribution is -0.192. The predicted octanol–water partition coefficient (Wildman–Crippen LogP) is 1.96. The molecule has 1 saturated heterocycles. The van der Waals surface area contributed by atoms with Crippen molar-refractivity contribution in [1.82, 2.24) is 4.90 Å². The summed E-state index contributed by atoms with van der Waals surface area (Å²) in [6, 6.07) is 7.34. The van der Waals surface area contributed by atoms with Gasteiger partial charge in [0.05, 0.1) is 17.4 Å². The van der Waals surface area contributed by atoms with Crippen LogP contribution in [0.2, 0.25) is 0 Å². The van der Waals surface area contributed by atoms with Crippen LogP contribution in [0.3, 0.4) is 0 Å². The average Bonchev–Trinajstić information content (AvgIpc) is 3.22. The number of halogens is 3. The van der Waals surface area contributed by atoms with Crippen LogP contribution >= 0.6 is 0 Å². The Bertz CT molecular complexity index is 818. The molecule has 2 atom stereocenters. The lowest BCUT2D eigenvalue weighted by atomic mass is 9.97. The molecule has 3 rings (SSSR count). The molecule has 12 heteroatoms. The number of ether oxygens (including phenoxy) is 2. The van der Waals surface area contributed by atoms with Crippen LogP contribution in [0.25, 0.3) is 0 Å². The van der Waals surface area contributed by atoms with Crippen molar-refractivity contribution in [3.8, 4) is 11.5 Å². The molecule has 9 nitrogen and oxygen atoms in total. The minimum atomic E-state index is -5.08. The standard InChI is InChI=1S/C17H21NO6.C2HF3O2/c1-2-23-12-5-3-4-6-13(12)24-8-7-18-10-16(14(19)20)9-17(16,11-18)15(21)22;3-2(4,5)1(6)7/h3-6H,2,7-11H2,1H3,(H,19,20)(H,21,22);(H,6,7)/t16-,17+;. The van der Waals surface area contributed by atoms with Crippen molar-refractivity contribution >= 4 is 17.9 Å². The monoisotopic (exact) mass is 449 g/mol. The number of likely N-dealkylation sites (tertiary alicyclic amines) is 1. The van der Waals surface area contributed by atoms with E-state index in [2.05, 4.69) is 0 Å². The Balaban J connectivity index is 0.000000423. The Morgan fingerprint density at radius 2 is 1.45 bits per heavy atom. The minimum Gasteiger partial charge on any atom is -0.490 e. The summed E-state index contributed by atoms with van der Waals surface area (Å²) >= 11 is 0. The number of hydrogen-bond donors (Lipinski definition) is 3. The zero-order valence-electron chi connectivity index (χ0n) is 16.5. The van der Waals surface area contributed by atoms with Gasteiger partial charge >= 0.3 is 24.1 Å². The van der Waals surface area contributed by atoms with E-state index in [9.17, 15) is 33.0 Å². The number of nitrogens with zero attached hydrogens (tertiary/aromatic N) is 1. The summed E-state index contributed by atoms with van der Waals surface area (Å²) in [7, 11) is 0. The molecule has 1 saturated carbocycles. The Kier molecular flexibility index (Phi) is 7.04. The molecular weight excluding hydrogens is 427 g/mol. The number of carboxylic acid groups (broad SMARTS) is 3. The molecule has 2 fully saturated rings. The molecule has 0 aromatic heterocycles. The molecule has 1 aliphatic heterocycles. The quantitative estimate of drug-likeness (QED) is 0.545. The van der Waals surface area contributed by atoms with E-state index in [1.165, 1.54) is 0 Å². The third-order valence-corrected chi connectivity index (χ3v) is 5.26. The van der Waals surface area contributed by atoms with E-state index in [1.807, 2.05) is 36.1 Å². The molecule has 0 spiro atoms. The Morgan fingerprint density at radius 3 is 1.84 bits per heavy atom. The number of rotatable bonds is 8. The van der Waals surface area contributed by atoms with Crippen LogP contribution in [0.4, 0.5) is 13.2 Å². The zero-order valence-corrected chi connectivity index (χ0v) is 16.5. The number of aliphatic carboxylic acids is 3. The lowest BCUT2D eigenvalue weighted by Crippen LogP contribution is -2.32. The summed E-state index contributed by atoms with van der Waals surface area (Å²) in [6.45, 7) is 3.76. The molecule has 1 aliphatic carbocycles. The SMILES string of the molecule is CCOc1ccccc1OCCN1C[C@@]2(C(=O)O)C[C@@]2(C(=O)O)C1.O=C(O)C(F)(F)F. The molecule has 0 amide bonds. The normalized spacial score (nSPS) is 24.4. The number of carboxylic acids is 3. The Morgan fingerprint density at radius 1 is 1.00 bits per heavy atom. The van der Waals surface area contributed by atoms with Crippen LogP contribution in [0, 0.1) is 10.8 Å². The van der Waals surface area contributed by atoms with Gasteiger partial charge in [-0.15, -0.1) is 0 Å². The van der Waals surface area contributed by atoms with Crippen LogP contribution in [0.5, 0.6) is 11.5 Å². The second kappa shape index (κ2) is 9.00. The van der Waals surface area contributed by atoms with Gasteiger partial charge in [0.15, 0.2) is 11.5 Å². The fourth-order valence-corrected chi connectivity index (χ4v) is 3.69. The maximum atomic E-state index is 11.5. The first kappa shape index (κ1) is 24.3. The summed E-state index contributed by atoms with van der Waals surface area (Å²) in [5.74, 6) is -3.50. The number of para-hydroxylation sites is 2. The Hall–Kier alpha value is -3.02. The number of hydrogen-bond acceptors (Lipinski definition) is 6. The molecule has 1 heterocycles. The highest BCUT2D eigenvalue weighted by Crippen LogP contribution is 2.68. The van der Waals surface area contributed by atoms with Crippen molar-refractivity contribution in [3.63, 3.8) is 0 Å². The van der Waals surface area contributed by atoms with E-state index in [0.717, 1.165) is 0 Å². The highest BCUT2D eigenvalue weighted by atomic mass is 19.4. The van der Waals surface area contributed by atoms with E-state index in [1.54, 1.807) is 0 Å². The molecule has 2 aliphatic rings. The summed E-state index contributed by atoms with van der Waals surface area (Å²) in [5, 5.41) is 25.9. The first-order valence-electron chi connectivity index (χ1n) is 9.23. The van der Waals surface area contributed by atoms with Crippen molar-refractivity contribution in [2.24, 2.45) is 10.8 Å². The Labute approximate surface area is 175 Å². The van der Waals surface area contributed by atoms with Crippen molar-refractivity contribution in [2.45, 2.75) is 19.5 Å². The van der Waals surface area contributed by atoms with E-state index in [0.29, 0.717) is 31.3 Å². The fourth-order valence-electron chi connectivity index (χ4n) is 3.69. The van der Waals surface area contributed by atoms with Gasteiger partial charge in [0, 0.05) is 19.6 Å². The summed E-state index contributed by atoms with van der Waals surface area (Å²) < 4.78 is 42.9. The van der Waals surface area contributed by atoms with Gasteiger partial charge in [-0.1, -0.05) is 12.1 Å². The van der Waals surface area contributed by atoms with Gasteiger partial charge in [0.1, 0.15) is 6.61 Å². The molecule has 0 unspecified atom stereocenters. The first-order valence-corrected chi connectivity index (χ1v) is 9.23. The highest BCUT2D eigenvalue weighted by Gasteiger charge is 2.80. The van der Waals surface area contributed by atoms with Gasteiger partial charge in [0.25, 0.3) is 0 Å². The lowest BCUT2D eigenvalue weighted by Gasteiger charge is -2.20. The topological polar surface area (TPSA) is 134 Å². The van der Waals surface area contributed by atoms with Crippen molar-refractivity contribution in [1.29, 1.82) is 0 Å². The van der Waals surface area contributed by atoms with Gasteiger partial charge in [-0.25, -0.2) is 4.79 Å². The van der Waals surface area contributed by atoms with Gasteiger partial charge < -0.3 is 24.8 Å². The zero-order chi connectivity index (χ0) is 23.4. The maximum absolute atomic E-state index is 11.5. The van der Waals surface area contributed by atoms with Gasteiger partial charge in [-0.3, -0.25) is 14.5 Å². The smallest absolute Gasteiger partial charge is 0.490 e. The summed E-state index contributed by atoms with van der Waals surface area (Å²) in [5.41, 5.74) is -2.27. The minimum absolute atomic E-state index is 0.217. The third-order valence-electron chi connectivity index (χ3n) is 5.26.